The highest BCUT2D eigenvalue weighted by Gasteiger charge is 2.52. The van der Waals surface area contributed by atoms with Gasteiger partial charge in [0.2, 0.25) is 0 Å². The van der Waals surface area contributed by atoms with Crippen LogP contribution in [0.5, 0.6) is 0 Å². The monoisotopic (exact) mass is 474 g/mol. The van der Waals surface area contributed by atoms with Crippen LogP contribution >= 0.6 is 0 Å². The smallest absolute Gasteiger partial charge is 0.318 e. The van der Waals surface area contributed by atoms with Gasteiger partial charge in [0.1, 0.15) is 5.54 Å². The number of rotatable bonds is 7. The van der Waals surface area contributed by atoms with Crippen LogP contribution in [0, 0.1) is 11.3 Å². The number of carbonyl (C=O) groups is 3. The third kappa shape index (κ3) is 5.34. The first-order valence-electron chi connectivity index (χ1n) is 11.9. The molecule has 2 aliphatic heterocycles. The second kappa shape index (κ2) is 10.7. The Morgan fingerprint density at radius 2 is 1.71 bits per heavy atom. The van der Waals surface area contributed by atoms with Gasteiger partial charge in [0, 0.05) is 19.6 Å². The average molecular weight is 475 g/mol. The first-order valence-corrected chi connectivity index (χ1v) is 11.9. The number of carbonyl (C=O) groups excluding carboxylic acids is 3. The Morgan fingerprint density at radius 3 is 2.40 bits per heavy atom. The normalized spacial score (nSPS) is 21.3. The molecule has 9 nitrogen and oxygen atoms in total. The van der Waals surface area contributed by atoms with E-state index in [-0.39, 0.29) is 6.54 Å². The van der Waals surface area contributed by atoms with Gasteiger partial charge in [-0.2, -0.15) is 10.3 Å². The average Bonchev–Trinajstić information content (AvgIpc) is 3.00. The lowest BCUT2D eigenvalue weighted by atomic mass is 9.87. The molecule has 2 heterocycles. The molecule has 1 atom stereocenters. The van der Waals surface area contributed by atoms with Gasteiger partial charge in [0.15, 0.2) is 0 Å². The quantitative estimate of drug-likeness (QED) is 0.594. The van der Waals surface area contributed by atoms with Gasteiger partial charge in [0.05, 0.1) is 18.2 Å². The first kappa shape index (κ1) is 24.4. The van der Waals surface area contributed by atoms with Crippen molar-refractivity contribution in [2.45, 2.75) is 31.8 Å². The Kier molecular flexibility index (Phi) is 7.44. The molecule has 0 bridgehead atoms. The van der Waals surface area contributed by atoms with Crippen LogP contribution in [0.1, 0.15) is 36.5 Å². The van der Waals surface area contributed by atoms with E-state index in [2.05, 4.69) is 21.7 Å². The van der Waals surface area contributed by atoms with Crippen LogP contribution in [0.4, 0.5) is 4.79 Å². The van der Waals surface area contributed by atoms with Gasteiger partial charge >= 0.3 is 6.03 Å². The number of hydrogen-bond donors (Lipinski definition) is 2. The maximum atomic E-state index is 13.2. The van der Waals surface area contributed by atoms with Crippen LogP contribution in [-0.2, 0) is 21.7 Å². The number of imide groups is 1. The fourth-order valence-electron chi connectivity index (χ4n) is 4.69. The van der Waals surface area contributed by atoms with E-state index in [0.717, 1.165) is 43.2 Å². The molecular formula is C26H30N6O3. The SMILES string of the molecule is CCC1(c2ccccc2)NC(=O)N(NC(=O)CN2CCCN(Cc3ccc(C#N)cc3)CC2)C1=O. The zero-order valence-electron chi connectivity index (χ0n) is 19.9. The van der Waals surface area contributed by atoms with E-state index >= 15 is 0 Å². The Balaban J connectivity index is 1.31. The number of nitriles is 1. The third-order valence-corrected chi connectivity index (χ3v) is 6.66. The zero-order chi connectivity index (χ0) is 24.8. The molecule has 2 fully saturated rings. The van der Waals surface area contributed by atoms with Crippen LogP contribution in [-0.4, -0.2) is 65.4 Å². The molecule has 182 valence electrons. The van der Waals surface area contributed by atoms with Crippen molar-refractivity contribution in [2.24, 2.45) is 0 Å². The summed E-state index contributed by atoms with van der Waals surface area (Å²) in [6, 6.07) is 18.2. The van der Waals surface area contributed by atoms with Gasteiger partial charge in [-0.3, -0.25) is 24.8 Å². The minimum Gasteiger partial charge on any atom is -0.318 e. The summed E-state index contributed by atoms with van der Waals surface area (Å²) >= 11 is 0. The predicted octanol–water partition coefficient (Wildman–Crippen LogP) is 1.95. The fraction of sp³-hybridized carbons (Fsp3) is 0.385. The predicted molar refractivity (Wildman–Crippen MR) is 129 cm³/mol. The second-order valence-electron chi connectivity index (χ2n) is 8.95. The number of nitrogens with zero attached hydrogens (tertiary/aromatic N) is 4. The summed E-state index contributed by atoms with van der Waals surface area (Å²) in [4.78, 5) is 42.9. The van der Waals surface area contributed by atoms with Crippen molar-refractivity contribution < 1.29 is 14.4 Å². The third-order valence-electron chi connectivity index (χ3n) is 6.66. The van der Waals surface area contributed by atoms with E-state index in [1.807, 2.05) is 54.3 Å². The summed E-state index contributed by atoms with van der Waals surface area (Å²) in [5.74, 6) is -0.872. The molecule has 2 aliphatic rings. The molecule has 2 aromatic carbocycles. The lowest BCUT2D eigenvalue weighted by molar-refractivity contribution is -0.139. The van der Waals surface area contributed by atoms with E-state index in [0.29, 0.717) is 24.1 Å². The summed E-state index contributed by atoms with van der Waals surface area (Å²) in [6.45, 7) is 5.87. The Hall–Kier alpha value is -3.74. The van der Waals surface area contributed by atoms with Crippen LogP contribution in [0.25, 0.3) is 0 Å². The maximum Gasteiger partial charge on any atom is 0.344 e. The van der Waals surface area contributed by atoms with Gasteiger partial charge in [-0.05, 0) is 49.2 Å². The van der Waals surface area contributed by atoms with Crippen LogP contribution in [0.15, 0.2) is 54.6 Å². The van der Waals surface area contributed by atoms with Crippen molar-refractivity contribution in [3.8, 4) is 6.07 Å². The number of hydrazine groups is 1. The summed E-state index contributed by atoms with van der Waals surface area (Å²) in [6.07, 6.45) is 1.27. The van der Waals surface area contributed by atoms with Crippen LogP contribution in [0.2, 0.25) is 0 Å². The summed E-state index contributed by atoms with van der Waals surface area (Å²) in [5, 5.41) is 12.5. The molecule has 0 radical (unpaired) electrons. The molecular weight excluding hydrogens is 444 g/mol. The standard InChI is InChI=1S/C26H30N6O3/c1-2-26(22-7-4-3-5-8-22)24(34)32(25(35)28-26)29-23(33)19-31-14-6-13-30(15-16-31)18-21-11-9-20(17-27)10-12-21/h3-5,7-12H,2,6,13-16,18-19H2,1H3,(H,28,35)(H,29,33). The molecule has 9 heteroatoms. The van der Waals surface area contributed by atoms with Crippen LogP contribution in [0.3, 0.4) is 0 Å². The number of hydrogen-bond acceptors (Lipinski definition) is 6. The van der Waals surface area contributed by atoms with Crippen molar-refractivity contribution in [3.63, 3.8) is 0 Å². The number of nitrogens with one attached hydrogen (secondary N) is 2. The van der Waals surface area contributed by atoms with Gasteiger partial charge in [-0.25, -0.2) is 4.79 Å². The molecule has 2 aromatic rings. The van der Waals surface area contributed by atoms with E-state index in [1.54, 1.807) is 12.1 Å². The zero-order valence-corrected chi connectivity index (χ0v) is 19.9. The molecule has 0 aromatic heterocycles. The molecule has 0 spiro atoms. The van der Waals surface area contributed by atoms with Crippen molar-refractivity contribution in [2.75, 3.05) is 32.7 Å². The van der Waals surface area contributed by atoms with Crippen molar-refractivity contribution in [1.82, 2.24) is 25.6 Å². The molecule has 2 saturated heterocycles. The fourth-order valence-corrected chi connectivity index (χ4v) is 4.69. The minimum absolute atomic E-state index is 0.103. The van der Waals surface area contributed by atoms with Gasteiger partial charge < -0.3 is 5.32 Å². The number of benzene rings is 2. The maximum absolute atomic E-state index is 13.2. The van der Waals surface area contributed by atoms with Crippen LogP contribution < -0.4 is 10.7 Å². The largest absolute Gasteiger partial charge is 0.344 e. The van der Waals surface area contributed by atoms with E-state index in [1.165, 1.54) is 0 Å². The van der Waals surface area contributed by atoms with Gasteiger partial charge in [-0.1, -0.05) is 49.4 Å². The van der Waals surface area contributed by atoms with E-state index in [9.17, 15) is 14.4 Å². The highest BCUT2D eigenvalue weighted by molar-refractivity contribution is 6.08. The first-order chi connectivity index (χ1) is 16.9. The number of amides is 4. The molecule has 2 N–H and O–H groups in total. The summed E-state index contributed by atoms with van der Waals surface area (Å²) in [5.41, 5.74) is 3.82. The second-order valence-corrected chi connectivity index (χ2v) is 8.95. The highest BCUT2D eigenvalue weighted by atomic mass is 16.2. The number of urea groups is 1. The molecule has 0 aliphatic carbocycles. The van der Waals surface area contributed by atoms with Crippen molar-refractivity contribution >= 4 is 17.8 Å². The molecule has 0 saturated carbocycles. The topological polar surface area (TPSA) is 109 Å². The molecule has 1 unspecified atom stereocenters. The Labute approximate surface area is 205 Å². The molecule has 4 rings (SSSR count). The Morgan fingerprint density at radius 1 is 1.03 bits per heavy atom. The minimum atomic E-state index is -1.18. The van der Waals surface area contributed by atoms with Crippen molar-refractivity contribution in [3.05, 3.63) is 71.3 Å². The van der Waals surface area contributed by atoms with Gasteiger partial charge in [-0.15, -0.1) is 0 Å². The van der Waals surface area contributed by atoms with Crippen molar-refractivity contribution in [1.29, 1.82) is 5.26 Å². The lowest BCUT2D eigenvalue weighted by Gasteiger charge is -2.26. The molecule has 4 amide bonds. The van der Waals surface area contributed by atoms with E-state index < -0.39 is 23.4 Å². The van der Waals surface area contributed by atoms with Gasteiger partial charge in [0.25, 0.3) is 11.8 Å². The Bertz CT molecular complexity index is 1110. The summed E-state index contributed by atoms with van der Waals surface area (Å²) in [7, 11) is 0. The van der Waals surface area contributed by atoms with E-state index in [4.69, 9.17) is 5.26 Å². The lowest BCUT2D eigenvalue weighted by Crippen LogP contribution is -2.51. The summed E-state index contributed by atoms with van der Waals surface area (Å²) < 4.78 is 0. The highest BCUT2D eigenvalue weighted by Crippen LogP contribution is 2.31. The molecule has 35 heavy (non-hydrogen) atoms.